The third-order valence-corrected chi connectivity index (χ3v) is 3.74. The first-order chi connectivity index (χ1) is 11.6. The minimum absolute atomic E-state index is 0.0815. The summed E-state index contributed by atoms with van der Waals surface area (Å²) in [7, 11) is 0. The van der Waals surface area contributed by atoms with Crippen molar-refractivity contribution in [3.05, 3.63) is 29.8 Å². The van der Waals surface area contributed by atoms with Crippen LogP contribution in [0.1, 0.15) is 44.5 Å². The number of benzene rings is 1. The Bertz CT molecular complexity index is 678. The van der Waals surface area contributed by atoms with Crippen molar-refractivity contribution in [2.45, 2.75) is 51.9 Å². The van der Waals surface area contributed by atoms with E-state index in [9.17, 15) is 19.5 Å². The Morgan fingerprint density at radius 1 is 1.20 bits per heavy atom. The highest BCUT2D eigenvalue weighted by Crippen LogP contribution is 2.27. The van der Waals surface area contributed by atoms with Crippen LogP contribution in [0, 0.1) is 0 Å². The average Bonchev–Trinajstić information content (AvgIpc) is 2.90. The molecule has 0 aliphatic carbocycles. The first-order valence-electron chi connectivity index (χ1n) is 8.07. The van der Waals surface area contributed by atoms with Gasteiger partial charge in [-0.05, 0) is 39.8 Å². The molecule has 0 bridgehead atoms. The molecule has 0 aromatic heterocycles. The van der Waals surface area contributed by atoms with Gasteiger partial charge in [0.05, 0.1) is 12.1 Å². The fourth-order valence-electron chi connectivity index (χ4n) is 2.68. The van der Waals surface area contributed by atoms with Crippen molar-refractivity contribution in [1.29, 1.82) is 0 Å². The molecule has 1 fully saturated rings. The van der Waals surface area contributed by atoms with Crippen LogP contribution in [-0.4, -0.2) is 52.1 Å². The summed E-state index contributed by atoms with van der Waals surface area (Å²) in [5, 5.41) is 9.40. The van der Waals surface area contributed by atoms with Gasteiger partial charge in [-0.2, -0.15) is 0 Å². The van der Waals surface area contributed by atoms with E-state index in [-0.39, 0.29) is 18.7 Å². The van der Waals surface area contributed by atoms with E-state index in [0.717, 1.165) is 4.90 Å². The van der Waals surface area contributed by atoms with Gasteiger partial charge in [0.25, 0.3) is 0 Å². The Morgan fingerprint density at radius 2 is 1.84 bits per heavy atom. The van der Waals surface area contributed by atoms with Crippen molar-refractivity contribution in [3.63, 3.8) is 0 Å². The zero-order valence-electron chi connectivity index (χ0n) is 14.8. The predicted octanol–water partition coefficient (Wildman–Crippen LogP) is 2.73. The zero-order valence-corrected chi connectivity index (χ0v) is 14.8. The third-order valence-electron chi connectivity index (χ3n) is 3.74. The maximum absolute atomic E-state index is 12.3. The van der Waals surface area contributed by atoms with Gasteiger partial charge in [0.2, 0.25) is 0 Å². The molecule has 136 valence electrons. The molecule has 0 radical (unpaired) electrons. The van der Waals surface area contributed by atoms with Crippen LogP contribution in [-0.2, 0) is 9.53 Å². The van der Waals surface area contributed by atoms with Gasteiger partial charge in [-0.15, -0.1) is 0 Å². The lowest BCUT2D eigenvalue weighted by Gasteiger charge is -2.26. The number of amides is 1. The number of carbonyl (C=O) groups excluding carboxylic acids is 2. The quantitative estimate of drug-likeness (QED) is 0.840. The van der Waals surface area contributed by atoms with Crippen molar-refractivity contribution in [1.82, 2.24) is 4.90 Å². The van der Waals surface area contributed by atoms with Gasteiger partial charge in [-0.25, -0.2) is 9.59 Å². The SMILES string of the molecule is CC(=O)c1ccccc1OC1CC(C(=O)O)N(C(=O)OC(C)(C)C)C1. The van der Waals surface area contributed by atoms with Crippen LogP contribution in [0.3, 0.4) is 0 Å². The number of para-hydroxylation sites is 1. The van der Waals surface area contributed by atoms with Gasteiger partial charge in [-0.1, -0.05) is 12.1 Å². The van der Waals surface area contributed by atoms with E-state index in [4.69, 9.17) is 9.47 Å². The molecule has 2 atom stereocenters. The maximum Gasteiger partial charge on any atom is 0.411 e. The van der Waals surface area contributed by atoms with E-state index in [1.165, 1.54) is 6.92 Å². The molecule has 25 heavy (non-hydrogen) atoms. The second-order valence-corrected chi connectivity index (χ2v) is 7.01. The van der Waals surface area contributed by atoms with Gasteiger partial charge < -0.3 is 14.6 Å². The number of aliphatic carboxylic acids is 1. The maximum atomic E-state index is 12.3. The number of hydrogen-bond acceptors (Lipinski definition) is 5. The molecular formula is C18H23NO6. The number of carboxylic acids is 1. The van der Waals surface area contributed by atoms with E-state index in [1.807, 2.05) is 0 Å². The minimum atomic E-state index is -1.11. The summed E-state index contributed by atoms with van der Waals surface area (Å²) in [6.45, 7) is 6.66. The molecule has 7 nitrogen and oxygen atoms in total. The van der Waals surface area contributed by atoms with Crippen molar-refractivity contribution < 1.29 is 29.0 Å². The van der Waals surface area contributed by atoms with E-state index in [1.54, 1.807) is 45.0 Å². The van der Waals surface area contributed by atoms with Crippen LogP contribution in [0.25, 0.3) is 0 Å². The van der Waals surface area contributed by atoms with Gasteiger partial charge in [-0.3, -0.25) is 9.69 Å². The number of hydrogen-bond donors (Lipinski definition) is 1. The Kier molecular flexibility index (Phi) is 5.35. The topological polar surface area (TPSA) is 93.1 Å². The molecule has 0 spiro atoms. The summed E-state index contributed by atoms with van der Waals surface area (Å²) in [5.41, 5.74) is -0.301. The molecule has 1 aliphatic rings. The minimum Gasteiger partial charge on any atom is -0.488 e. The lowest BCUT2D eigenvalue weighted by molar-refractivity contribution is -0.142. The molecular weight excluding hydrogens is 326 g/mol. The summed E-state index contributed by atoms with van der Waals surface area (Å²) in [4.78, 5) is 36.6. The molecule has 1 aliphatic heterocycles. The Morgan fingerprint density at radius 3 is 2.40 bits per heavy atom. The molecule has 2 unspecified atom stereocenters. The number of carbonyl (C=O) groups is 3. The third kappa shape index (κ3) is 4.71. The molecule has 1 amide bonds. The summed E-state index contributed by atoms with van der Waals surface area (Å²) >= 11 is 0. The number of ether oxygens (including phenoxy) is 2. The molecule has 1 saturated heterocycles. The van der Waals surface area contributed by atoms with Gasteiger partial charge in [0.15, 0.2) is 5.78 Å². The van der Waals surface area contributed by atoms with Crippen molar-refractivity contribution in [3.8, 4) is 5.75 Å². The van der Waals surface area contributed by atoms with E-state index in [2.05, 4.69) is 0 Å². The summed E-state index contributed by atoms with van der Waals surface area (Å²) in [6, 6.07) is 5.74. The lowest BCUT2D eigenvalue weighted by Crippen LogP contribution is -2.43. The fourth-order valence-corrected chi connectivity index (χ4v) is 2.68. The lowest BCUT2D eigenvalue weighted by atomic mass is 10.1. The number of nitrogens with zero attached hydrogens (tertiary/aromatic N) is 1. The number of carboxylic acid groups (broad SMARTS) is 1. The van der Waals surface area contributed by atoms with E-state index < -0.39 is 29.8 Å². The summed E-state index contributed by atoms with van der Waals surface area (Å²) in [6.07, 6.45) is -1.10. The monoisotopic (exact) mass is 349 g/mol. The molecule has 7 heteroatoms. The van der Waals surface area contributed by atoms with Crippen molar-refractivity contribution in [2.24, 2.45) is 0 Å². The Labute approximate surface area is 146 Å². The number of likely N-dealkylation sites (tertiary alicyclic amines) is 1. The average molecular weight is 349 g/mol. The van der Waals surface area contributed by atoms with Crippen LogP contribution < -0.4 is 4.74 Å². The largest absolute Gasteiger partial charge is 0.488 e. The molecule has 1 aromatic rings. The van der Waals surface area contributed by atoms with Crippen LogP contribution in [0.4, 0.5) is 4.79 Å². The highest BCUT2D eigenvalue weighted by atomic mass is 16.6. The first kappa shape index (κ1) is 18.8. The Hall–Kier alpha value is -2.57. The first-order valence-corrected chi connectivity index (χ1v) is 8.07. The van der Waals surface area contributed by atoms with Crippen molar-refractivity contribution >= 4 is 17.8 Å². The standard InChI is InChI=1S/C18H23NO6/c1-11(20)13-7-5-6-8-15(13)24-12-9-14(16(21)22)19(10-12)17(23)25-18(2,3)4/h5-8,12,14H,9-10H2,1-4H3,(H,21,22). The molecule has 1 aromatic carbocycles. The number of ketones is 1. The molecule has 1 heterocycles. The highest BCUT2D eigenvalue weighted by Gasteiger charge is 2.42. The predicted molar refractivity (Wildman–Crippen MR) is 89.8 cm³/mol. The van der Waals surface area contributed by atoms with E-state index >= 15 is 0 Å². The van der Waals surface area contributed by atoms with Crippen LogP contribution in [0.15, 0.2) is 24.3 Å². The van der Waals surface area contributed by atoms with Gasteiger partial charge in [0, 0.05) is 6.42 Å². The second-order valence-electron chi connectivity index (χ2n) is 7.01. The van der Waals surface area contributed by atoms with Crippen LogP contribution in [0.2, 0.25) is 0 Å². The van der Waals surface area contributed by atoms with Crippen LogP contribution >= 0.6 is 0 Å². The number of rotatable bonds is 4. The summed E-state index contributed by atoms with van der Waals surface area (Å²) < 4.78 is 11.1. The second kappa shape index (κ2) is 7.13. The van der Waals surface area contributed by atoms with E-state index in [0.29, 0.717) is 11.3 Å². The zero-order chi connectivity index (χ0) is 18.8. The van der Waals surface area contributed by atoms with Crippen molar-refractivity contribution in [2.75, 3.05) is 6.54 Å². The molecule has 1 N–H and O–H groups in total. The van der Waals surface area contributed by atoms with Gasteiger partial charge in [0.1, 0.15) is 23.5 Å². The molecule has 0 saturated carbocycles. The Balaban J connectivity index is 2.16. The summed E-state index contributed by atoms with van der Waals surface area (Å²) in [5.74, 6) is -0.876. The number of Topliss-reactive ketones (excluding diaryl/α,β-unsaturated/α-hetero) is 1. The fraction of sp³-hybridized carbons (Fsp3) is 0.500. The van der Waals surface area contributed by atoms with Crippen LogP contribution in [0.5, 0.6) is 5.75 Å². The normalized spacial score (nSPS) is 20.2. The molecule has 2 rings (SSSR count). The van der Waals surface area contributed by atoms with Gasteiger partial charge >= 0.3 is 12.1 Å². The highest BCUT2D eigenvalue weighted by molar-refractivity contribution is 5.96. The smallest absolute Gasteiger partial charge is 0.411 e.